The van der Waals surface area contributed by atoms with Gasteiger partial charge in [-0.15, -0.1) is 0 Å². The predicted molar refractivity (Wildman–Crippen MR) is 108 cm³/mol. The van der Waals surface area contributed by atoms with Crippen LogP contribution in [0.1, 0.15) is 42.3 Å². The maximum Gasteiger partial charge on any atom is 0.322 e. The number of hydrogen-bond donors (Lipinski definition) is 1. The number of benzene rings is 2. The highest BCUT2D eigenvalue weighted by Gasteiger charge is 2.32. The average molecular weight is 376 g/mol. The number of aryl methyl sites for hydroxylation is 2. The van der Waals surface area contributed by atoms with Gasteiger partial charge in [0.25, 0.3) is 0 Å². The molecule has 2 heterocycles. The smallest absolute Gasteiger partial charge is 0.322 e. The van der Waals surface area contributed by atoms with Gasteiger partial charge in [-0.1, -0.05) is 47.1 Å². The fourth-order valence-corrected chi connectivity index (χ4v) is 3.54. The Morgan fingerprint density at radius 2 is 1.93 bits per heavy atom. The van der Waals surface area contributed by atoms with E-state index in [4.69, 9.17) is 4.52 Å². The number of hydrogen-bond acceptors (Lipinski definition) is 4. The molecule has 0 spiro atoms. The normalized spacial score (nSPS) is 16.8. The number of aromatic nitrogens is 2. The first-order valence-corrected chi connectivity index (χ1v) is 9.65. The molecular weight excluding hydrogens is 352 g/mol. The van der Waals surface area contributed by atoms with E-state index in [1.165, 1.54) is 5.56 Å². The molecule has 144 valence electrons. The molecule has 2 amide bonds. The summed E-state index contributed by atoms with van der Waals surface area (Å²) in [6, 6.07) is 15.5. The molecule has 0 unspecified atom stereocenters. The van der Waals surface area contributed by atoms with Crippen LogP contribution in [0, 0.1) is 13.8 Å². The van der Waals surface area contributed by atoms with Crippen LogP contribution in [0.2, 0.25) is 0 Å². The van der Waals surface area contributed by atoms with Crippen molar-refractivity contribution in [3.8, 4) is 11.4 Å². The maximum atomic E-state index is 12.9. The van der Waals surface area contributed by atoms with E-state index in [9.17, 15) is 4.79 Å². The highest BCUT2D eigenvalue weighted by molar-refractivity contribution is 5.89. The molecule has 3 aromatic rings. The van der Waals surface area contributed by atoms with Gasteiger partial charge >= 0.3 is 6.03 Å². The van der Waals surface area contributed by atoms with Crippen molar-refractivity contribution in [2.24, 2.45) is 0 Å². The topological polar surface area (TPSA) is 71.3 Å². The monoisotopic (exact) mass is 376 g/mol. The van der Waals surface area contributed by atoms with Gasteiger partial charge in [-0.3, -0.25) is 0 Å². The second kappa shape index (κ2) is 7.84. The van der Waals surface area contributed by atoms with Gasteiger partial charge in [0.2, 0.25) is 11.7 Å². The fraction of sp³-hybridized carbons (Fsp3) is 0.318. The standard InChI is InChI=1S/C22H24N4O2/c1-15-9-11-17(12-10-15)20-24-21(28-25-20)19-8-3-4-13-26(19)22(27)23-18-7-5-6-16(2)14-18/h5-7,9-12,14,19H,3-4,8,13H2,1-2H3,(H,23,27)/t19-/m1/s1. The lowest BCUT2D eigenvalue weighted by molar-refractivity contribution is 0.142. The van der Waals surface area contributed by atoms with Gasteiger partial charge in [-0.2, -0.15) is 4.98 Å². The zero-order valence-electron chi connectivity index (χ0n) is 16.2. The van der Waals surface area contributed by atoms with Crippen LogP contribution in [0.25, 0.3) is 11.4 Å². The number of likely N-dealkylation sites (tertiary alicyclic amines) is 1. The highest BCUT2D eigenvalue weighted by atomic mass is 16.5. The number of urea groups is 1. The Morgan fingerprint density at radius 3 is 2.71 bits per heavy atom. The van der Waals surface area contributed by atoms with E-state index in [1.807, 2.05) is 62.4 Å². The molecule has 0 bridgehead atoms. The summed E-state index contributed by atoms with van der Waals surface area (Å²) in [6.45, 7) is 4.72. The molecule has 4 rings (SSSR count). The molecule has 0 radical (unpaired) electrons. The molecule has 1 atom stereocenters. The Hall–Kier alpha value is -3.15. The zero-order chi connectivity index (χ0) is 19.5. The van der Waals surface area contributed by atoms with Crippen LogP contribution in [0.3, 0.4) is 0 Å². The van der Waals surface area contributed by atoms with Crippen LogP contribution >= 0.6 is 0 Å². The molecule has 1 aromatic heterocycles. The lowest BCUT2D eigenvalue weighted by Crippen LogP contribution is -2.41. The summed E-state index contributed by atoms with van der Waals surface area (Å²) in [5, 5.41) is 7.13. The van der Waals surface area contributed by atoms with Crippen LogP contribution in [-0.4, -0.2) is 27.6 Å². The maximum absolute atomic E-state index is 12.9. The van der Waals surface area contributed by atoms with E-state index in [1.54, 1.807) is 4.90 Å². The van der Waals surface area contributed by atoms with E-state index >= 15 is 0 Å². The zero-order valence-corrected chi connectivity index (χ0v) is 16.2. The van der Waals surface area contributed by atoms with Gasteiger partial charge in [0.1, 0.15) is 6.04 Å². The summed E-state index contributed by atoms with van der Waals surface area (Å²) in [4.78, 5) is 19.3. The summed E-state index contributed by atoms with van der Waals surface area (Å²) in [5.74, 6) is 1.05. The predicted octanol–water partition coefficient (Wildman–Crippen LogP) is 5.11. The third-order valence-corrected chi connectivity index (χ3v) is 5.07. The van der Waals surface area contributed by atoms with Gasteiger partial charge in [0, 0.05) is 17.8 Å². The highest BCUT2D eigenvalue weighted by Crippen LogP contribution is 2.31. The summed E-state index contributed by atoms with van der Waals surface area (Å²) in [5.41, 5.74) is 3.98. The number of nitrogens with zero attached hydrogens (tertiary/aromatic N) is 3. The minimum absolute atomic E-state index is 0.134. The molecule has 6 heteroatoms. The van der Waals surface area contributed by atoms with Crippen molar-refractivity contribution in [1.82, 2.24) is 15.0 Å². The van der Waals surface area contributed by atoms with Gasteiger partial charge in [-0.25, -0.2) is 4.79 Å². The Balaban J connectivity index is 1.54. The Labute approximate surface area is 164 Å². The summed E-state index contributed by atoms with van der Waals surface area (Å²) in [6.07, 6.45) is 2.81. The molecule has 1 fully saturated rings. The molecule has 6 nitrogen and oxygen atoms in total. The van der Waals surface area contributed by atoms with Crippen molar-refractivity contribution in [3.63, 3.8) is 0 Å². The SMILES string of the molecule is Cc1ccc(-c2noc([C@H]3CCCCN3C(=O)Nc3cccc(C)c3)n2)cc1. The van der Waals surface area contributed by atoms with Crippen LogP contribution in [0.4, 0.5) is 10.5 Å². The molecule has 0 aliphatic carbocycles. The van der Waals surface area contributed by atoms with Crippen LogP contribution in [0.5, 0.6) is 0 Å². The molecule has 0 saturated carbocycles. The molecule has 28 heavy (non-hydrogen) atoms. The van der Waals surface area contributed by atoms with E-state index < -0.39 is 0 Å². The van der Waals surface area contributed by atoms with Gasteiger partial charge in [-0.05, 0) is 50.8 Å². The van der Waals surface area contributed by atoms with Crippen molar-refractivity contribution >= 4 is 11.7 Å². The summed E-state index contributed by atoms with van der Waals surface area (Å²) >= 11 is 0. The number of carbonyl (C=O) groups is 1. The number of carbonyl (C=O) groups excluding carboxylic acids is 1. The second-order valence-corrected chi connectivity index (χ2v) is 7.33. The number of piperidine rings is 1. The molecule has 2 aromatic carbocycles. The minimum Gasteiger partial charge on any atom is -0.337 e. The van der Waals surface area contributed by atoms with E-state index in [0.29, 0.717) is 18.3 Å². The van der Waals surface area contributed by atoms with Crippen molar-refractivity contribution in [3.05, 3.63) is 65.5 Å². The van der Waals surface area contributed by atoms with Crippen LogP contribution in [-0.2, 0) is 0 Å². The molecule has 1 N–H and O–H groups in total. The van der Waals surface area contributed by atoms with Gasteiger partial charge < -0.3 is 14.7 Å². The van der Waals surface area contributed by atoms with Crippen molar-refractivity contribution in [2.75, 3.05) is 11.9 Å². The molecule has 1 aliphatic rings. The lowest BCUT2D eigenvalue weighted by Gasteiger charge is -2.33. The quantitative estimate of drug-likeness (QED) is 0.689. The summed E-state index contributed by atoms with van der Waals surface area (Å²) < 4.78 is 5.56. The molecule has 1 saturated heterocycles. The van der Waals surface area contributed by atoms with Gasteiger partial charge in [0.15, 0.2) is 0 Å². The van der Waals surface area contributed by atoms with Crippen LogP contribution < -0.4 is 5.32 Å². The van der Waals surface area contributed by atoms with E-state index in [2.05, 4.69) is 15.5 Å². The third-order valence-electron chi connectivity index (χ3n) is 5.07. The molecular formula is C22H24N4O2. The van der Waals surface area contributed by atoms with Crippen molar-refractivity contribution in [2.45, 2.75) is 39.2 Å². The van der Waals surface area contributed by atoms with Crippen LogP contribution in [0.15, 0.2) is 53.1 Å². The van der Waals surface area contributed by atoms with E-state index in [0.717, 1.165) is 36.1 Å². The Morgan fingerprint density at radius 1 is 1.11 bits per heavy atom. The Bertz CT molecular complexity index is 965. The largest absolute Gasteiger partial charge is 0.337 e. The summed E-state index contributed by atoms with van der Waals surface area (Å²) in [7, 11) is 0. The lowest BCUT2D eigenvalue weighted by atomic mass is 10.0. The van der Waals surface area contributed by atoms with Crippen molar-refractivity contribution in [1.29, 1.82) is 0 Å². The van der Waals surface area contributed by atoms with E-state index in [-0.39, 0.29) is 12.1 Å². The first kappa shape index (κ1) is 18.2. The number of anilines is 1. The van der Waals surface area contributed by atoms with Crippen molar-refractivity contribution < 1.29 is 9.32 Å². The second-order valence-electron chi connectivity index (χ2n) is 7.33. The molecule has 1 aliphatic heterocycles. The minimum atomic E-state index is -0.203. The fourth-order valence-electron chi connectivity index (χ4n) is 3.54. The van der Waals surface area contributed by atoms with Gasteiger partial charge in [0.05, 0.1) is 0 Å². The first-order valence-electron chi connectivity index (χ1n) is 9.65. The Kier molecular flexibility index (Phi) is 5.10. The number of amides is 2. The average Bonchev–Trinajstić information content (AvgIpc) is 3.18. The third kappa shape index (κ3) is 3.91. The number of nitrogens with one attached hydrogen (secondary N) is 1. The first-order chi connectivity index (χ1) is 13.6. The number of rotatable bonds is 3.